The zero-order valence-electron chi connectivity index (χ0n) is 10.2. The second kappa shape index (κ2) is 6.60. The Bertz CT molecular complexity index is 584. The van der Waals surface area contributed by atoms with Gasteiger partial charge in [-0.1, -0.05) is 35.9 Å². The maximum atomic E-state index is 12.0. The van der Waals surface area contributed by atoms with Crippen LogP contribution in [0.3, 0.4) is 0 Å². The van der Waals surface area contributed by atoms with Crippen molar-refractivity contribution in [1.82, 2.24) is 5.32 Å². The number of nitrogens with one attached hydrogen (secondary N) is 1. The van der Waals surface area contributed by atoms with E-state index in [9.17, 15) is 4.79 Å². The summed E-state index contributed by atoms with van der Waals surface area (Å²) in [5.41, 5.74) is 2.51. The predicted molar refractivity (Wildman–Crippen MR) is 78.6 cm³/mol. The van der Waals surface area contributed by atoms with Gasteiger partial charge < -0.3 is 5.32 Å². The Morgan fingerprint density at radius 3 is 2.53 bits per heavy atom. The number of halogens is 2. The molecule has 0 aliphatic rings. The summed E-state index contributed by atoms with van der Waals surface area (Å²) in [6.45, 7) is 0.449. The van der Waals surface area contributed by atoms with Crippen LogP contribution in [0.2, 0.25) is 5.02 Å². The molecule has 0 aliphatic carbocycles. The number of amides is 1. The van der Waals surface area contributed by atoms with E-state index in [2.05, 4.69) is 5.32 Å². The van der Waals surface area contributed by atoms with Crippen molar-refractivity contribution in [2.24, 2.45) is 0 Å². The van der Waals surface area contributed by atoms with Crippen LogP contribution in [-0.4, -0.2) is 5.91 Å². The van der Waals surface area contributed by atoms with Gasteiger partial charge in [0.15, 0.2) is 0 Å². The molecule has 0 saturated carbocycles. The lowest BCUT2D eigenvalue weighted by Gasteiger charge is -2.06. The molecule has 0 bridgehead atoms. The van der Waals surface area contributed by atoms with Gasteiger partial charge in [0.2, 0.25) is 0 Å². The van der Waals surface area contributed by atoms with Crippen molar-refractivity contribution >= 4 is 29.1 Å². The summed E-state index contributed by atoms with van der Waals surface area (Å²) in [6, 6.07) is 14.7. The van der Waals surface area contributed by atoms with Crippen molar-refractivity contribution in [3.8, 4) is 0 Å². The molecule has 0 heterocycles. The van der Waals surface area contributed by atoms with E-state index >= 15 is 0 Å². The largest absolute Gasteiger partial charge is 0.348 e. The fraction of sp³-hybridized carbons (Fsp3) is 0.133. The van der Waals surface area contributed by atoms with Crippen molar-refractivity contribution in [3.05, 3.63) is 70.2 Å². The highest BCUT2D eigenvalue weighted by Gasteiger charge is 2.05. The fourth-order valence-corrected chi connectivity index (χ4v) is 2.11. The van der Waals surface area contributed by atoms with Crippen LogP contribution in [0.25, 0.3) is 0 Å². The first-order chi connectivity index (χ1) is 9.19. The van der Waals surface area contributed by atoms with Gasteiger partial charge in [-0.25, -0.2) is 0 Å². The van der Waals surface area contributed by atoms with Gasteiger partial charge in [0, 0.05) is 23.0 Å². The van der Waals surface area contributed by atoms with Gasteiger partial charge in [-0.3, -0.25) is 4.79 Å². The van der Waals surface area contributed by atoms with E-state index in [1.165, 1.54) is 0 Å². The Labute approximate surface area is 122 Å². The van der Waals surface area contributed by atoms with E-state index in [1.807, 2.05) is 30.3 Å². The highest BCUT2D eigenvalue weighted by atomic mass is 35.5. The second-order valence-corrected chi connectivity index (χ2v) is 4.85. The molecular formula is C15H13Cl2NO. The summed E-state index contributed by atoms with van der Waals surface area (Å²) in [5.74, 6) is 0.280. The van der Waals surface area contributed by atoms with Crippen LogP contribution in [-0.2, 0) is 12.4 Å². The standard InChI is InChI=1S/C15H13Cl2NO/c16-9-11-3-1-5-13(7-11)15(19)18-10-12-4-2-6-14(17)8-12/h1-8H,9-10H2,(H,18,19). The first kappa shape index (κ1) is 13.9. The summed E-state index contributed by atoms with van der Waals surface area (Å²) in [6.07, 6.45) is 0. The second-order valence-electron chi connectivity index (χ2n) is 4.15. The summed E-state index contributed by atoms with van der Waals surface area (Å²) in [4.78, 5) is 12.0. The molecule has 0 aliphatic heterocycles. The molecule has 1 N–H and O–H groups in total. The fourth-order valence-electron chi connectivity index (χ4n) is 1.73. The highest BCUT2D eigenvalue weighted by Crippen LogP contribution is 2.11. The monoisotopic (exact) mass is 293 g/mol. The zero-order valence-corrected chi connectivity index (χ0v) is 11.7. The van der Waals surface area contributed by atoms with Gasteiger partial charge in [0.25, 0.3) is 5.91 Å². The van der Waals surface area contributed by atoms with Gasteiger partial charge in [-0.15, -0.1) is 11.6 Å². The van der Waals surface area contributed by atoms with Gasteiger partial charge in [-0.05, 0) is 35.4 Å². The summed E-state index contributed by atoms with van der Waals surface area (Å²) in [5, 5.41) is 3.52. The molecule has 0 saturated heterocycles. The Morgan fingerprint density at radius 2 is 1.79 bits per heavy atom. The maximum Gasteiger partial charge on any atom is 0.251 e. The van der Waals surface area contributed by atoms with Gasteiger partial charge in [-0.2, -0.15) is 0 Å². The zero-order chi connectivity index (χ0) is 13.7. The molecule has 4 heteroatoms. The molecule has 2 aromatic rings. The predicted octanol–water partition coefficient (Wildman–Crippen LogP) is 4.01. The summed E-state index contributed by atoms with van der Waals surface area (Å²) < 4.78 is 0. The first-order valence-corrected chi connectivity index (χ1v) is 6.78. The lowest BCUT2D eigenvalue weighted by atomic mass is 10.1. The number of hydrogen-bond acceptors (Lipinski definition) is 1. The van der Waals surface area contributed by atoms with Crippen LogP contribution in [0.1, 0.15) is 21.5 Å². The van der Waals surface area contributed by atoms with Crippen molar-refractivity contribution < 1.29 is 4.79 Å². The minimum atomic E-state index is -0.119. The Hall–Kier alpha value is -1.51. The molecule has 2 nitrogen and oxygen atoms in total. The molecular weight excluding hydrogens is 281 g/mol. The van der Waals surface area contributed by atoms with Crippen LogP contribution < -0.4 is 5.32 Å². The average Bonchev–Trinajstić information content (AvgIpc) is 2.45. The van der Waals surface area contributed by atoms with Gasteiger partial charge in [0.1, 0.15) is 0 Å². The molecule has 98 valence electrons. The molecule has 19 heavy (non-hydrogen) atoms. The van der Waals surface area contributed by atoms with Crippen LogP contribution in [0.5, 0.6) is 0 Å². The number of carbonyl (C=O) groups is 1. The van der Waals surface area contributed by atoms with E-state index < -0.39 is 0 Å². The summed E-state index contributed by atoms with van der Waals surface area (Å²) >= 11 is 11.6. The molecule has 0 spiro atoms. The first-order valence-electron chi connectivity index (χ1n) is 5.86. The molecule has 2 rings (SSSR count). The quantitative estimate of drug-likeness (QED) is 0.848. The Morgan fingerprint density at radius 1 is 1.05 bits per heavy atom. The normalized spacial score (nSPS) is 10.2. The highest BCUT2D eigenvalue weighted by molar-refractivity contribution is 6.30. The van der Waals surface area contributed by atoms with E-state index in [-0.39, 0.29) is 5.91 Å². The van der Waals surface area contributed by atoms with Crippen molar-refractivity contribution in [2.45, 2.75) is 12.4 Å². The van der Waals surface area contributed by atoms with E-state index in [0.29, 0.717) is 23.0 Å². The van der Waals surface area contributed by atoms with Crippen molar-refractivity contribution in [2.75, 3.05) is 0 Å². The molecule has 0 atom stereocenters. The third kappa shape index (κ3) is 3.98. The lowest BCUT2D eigenvalue weighted by molar-refractivity contribution is 0.0951. The lowest BCUT2D eigenvalue weighted by Crippen LogP contribution is -2.22. The molecule has 0 unspecified atom stereocenters. The minimum Gasteiger partial charge on any atom is -0.348 e. The number of alkyl halides is 1. The molecule has 0 radical (unpaired) electrons. The number of rotatable bonds is 4. The van der Waals surface area contributed by atoms with E-state index in [4.69, 9.17) is 23.2 Å². The smallest absolute Gasteiger partial charge is 0.251 e. The topological polar surface area (TPSA) is 29.1 Å². The molecule has 2 aromatic carbocycles. The van der Waals surface area contributed by atoms with Gasteiger partial charge in [0.05, 0.1) is 0 Å². The van der Waals surface area contributed by atoms with Crippen molar-refractivity contribution in [1.29, 1.82) is 0 Å². The van der Waals surface area contributed by atoms with Crippen LogP contribution in [0.4, 0.5) is 0 Å². The number of carbonyl (C=O) groups excluding carboxylic acids is 1. The number of hydrogen-bond donors (Lipinski definition) is 1. The summed E-state index contributed by atoms with van der Waals surface area (Å²) in [7, 11) is 0. The molecule has 0 fully saturated rings. The molecule has 1 amide bonds. The van der Waals surface area contributed by atoms with Crippen molar-refractivity contribution in [3.63, 3.8) is 0 Å². The third-order valence-corrected chi connectivity index (χ3v) is 3.23. The maximum absolute atomic E-state index is 12.0. The third-order valence-electron chi connectivity index (χ3n) is 2.69. The van der Waals surface area contributed by atoms with Crippen LogP contribution >= 0.6 is 23.2 Å². The average molecular weight is 294 g/mol. The van der Waals surface area contributed by atoms with E-state index in [1.54, 1.807) is 18.2 Å². The Kier molecular flexibility index (Phi) is 4.83. The minimum absolute atomic E-state index is 0.119. The van der Waals surface area contributed by atoms with E-state index in [0.717, 1.165) is 11.1 Å². The number of benzene rings is 2. The van der Waals surface area contributed by atoms with Crippen LogP contribution in [0, 0.1) is 0 Å². The Balaban J connectivity index is 2.01. The molecule has 0 aromatic heterocycles. The van der Waals surface area contributed by atoms with Crippen LogP contribution in [0.15, 0.2) is 48.5 Å². The van der Waals surface area contributed by atoms with Gasteiger partial charge >= 0.3 is 0 Å². The SMILES string of the molecule is O=C(NCc1cccc(Cl)c1)c1cccc(CCl)c1.